The van der Waals surface area contributed by atoms with Gasteiger partial charge in [-0.15, -0.1) is 11.8 Å². The lowest BCUT2D eigenvalue weighted by atomic mass is 10.3. The smallest absolute Gasteiger partial charge is 0.191 e. The van der Waals surface area contributed by atoms with Gasteiger partial charge < -0.3 is 20.1 Å². The summed E-state index contributed by atoms with van der Waals surface area (Å²) in [6.45, 7) is 3.88. The van der Waals surface area contributed by atoms with Crippen LogP contribution in [0.1, 0.15) is 12.8 Å². The highest BCUT2D eigenvalue weighted by molar-refractivity contribution is 7.99. The van der Waals surface area contributed by atoms with Crippen LogP contribution in [0, 0.1) is 5.82 Å². The molecule has 1 aliphatic rings. The number of hydrogen-bond donors (Lipinski definition) is 2. The van der Waals surface area contributed by atoms with Crippen LogP contribution in [-0.4, -0.2) is 57.8 Å². The third kappa shape index (κ3) is 7.51. The second kappa shape index (κ2) is 11.3. The summed E-state index contributed by atoms with van der Waals surface area (Å²) in [7, 11) is 1.76. The van der Waals surface area contributed by atoms with Crippen LogP contribution in [0.3, 0.4) is 0 Å². The van der Waals surface area contributed by atoms with E-state index in [2.05, 4.69) is 15.6 Å². The van der Waals surface area contributed by atoms with E-state index in [0.29, 0.717) is 0 Å². The molecule has 2 N–H and O–H groups in total. The molecule has 134 valence electrons. The summed E-state index contributed by atoms with van der Waals surface area (Å²) in [6.07, 6.45) is 2.20. The minimum Gasteiger partial charge on any atom is -0.379 e. The van der Waals surface area contributed by atoms with Gasteiger partial charge in [0, 0.05) is 44.0 Å². The number of nitrogens with one attached hydrogen (secondary N) is 2. The first kappa shape index (κ1) is 19.0. The molecule has 1 aromatic rings. The summed E-state index contributed by atoms with van der Waals surface area (Å²) >= 11 is 1.68. The van der Waals surface area contributed by atoms with Crippen molar-refractivity contribution in [2.24, 2.45) is 4.99 Å². The minimum atomic E-state index is -0.202. The van der Waals surface area contributed by atoms with Crippen LogP contribution in [0.5, 0.6) is 0 Å². The first-order chi connectivity index (χ1) is 11.8. The average Bonchev–Trinajstić information content (AvgIpc) is 3.11. The quantitative estimate of drug-likeness (QED) is 0.308. The first-order valence-corrected chi connectivity index (χ1v) is 9.28. The molecule has 1 atom stereocenters. The van der Waals surface area contributed by atoms with Crippen molar-refractivity contribution in [2.45, 2.75) is 23.8 Å². The van der Waals surface area contributed by atoms with Gasteiger partial charge in [0.2, 0.25) is 0 Å². The van der Waals surface area contributed by atoms with E-state index in [1.807, 2.05) is 0 Å². The molecule has 7 heteroatoms. The summed E-state index contributed by atoms with van der Waals surface area (Å²) in [5.41, 5.74) is 0. The molecule has 1 unspecified atom stereocenters. The second-order valence-corrected chi connectivity index (χ2v) is 6.61. The molecule has 0 amide bonds. The van der Waals surface area contributed by atoms with E-state index in [0.717, 1.165) is 62.4 Å². The summed E-state index contributed by atoms with van der Waals surface area (Å²) in [5, 5.41) is 6.54. The van der Waals surface area contributed by atoms with Crippen molar-refractivity contribution in [1.29, 1.82) is 0 Å². The third-order valence-electron chi connectivity index (χ3n) is 3.56. The van der Waals surface area contributed by atoms with Crippen molar-refractivity contribution in [3.05, 3.63) is 30.1 Å². The topological polar surface area (TPSA) is 54.9 Å². The van der Waals surface area contributed by atoms with Crippen molar-refractivity contribution in [2.75, 3.05) is 45.7 Å². The SMILES string of the molecule is CN=C(NCCCOC1CCOC1)NCCSc1ccc(F)cc1. The molecule has 1 fully saturated rings. The predicted molar refractivity (Wildman–Crippen MR) is 96.3 cm³/mol. The molecule has 0 aromatic heterocycles. The lowest BCUT2D eigenvalue weighted by molar-refractivity contribution is 0.0420. The third-order valence-corrected chi connectivity index (χ3v) is 4.57. The highest BCUT2D eigenvalue weighted by Crippen LogP contribution is 2.17. The number of aliphatic imine (C=N–C) groups is 1. The number of benzene rings is 1. The van der Waals surface area contributed by atoms with Crippen molar-refractivity contribution >= 4 is 17.7 Å². The van der Waals surface area contributed by atoms with Crippen LogP contribution < -0.4 is 10.6 Å². The number of nitrogens with zero attached hydrogens (tertiary/aromatic N) is 1. The predicted octanol–water partition coefficient (Wildman–Crippen LogP) is 2.28. The zero-order chi connectivity index (χ0) is 17.0. The molecule has 0 radical (unpaired) electrons. The van der Waals surface area contributed by atoms with E-state index in [4.69, 9.17) is 9.47 Å². The Morgan fingerprint density at radius 3 is 2.83 bits per heavy atom. The van der Waals surface area contributed by atoms with Gasteiger partial charge in [-0.3, -0.25) is 4.99 Å². The molecule has 0 saturated carbocycles. The maximum absolute atomic E-state index is 12.8. The zero-order valence-corrected chi connectivity index (χ0v) is 14.9. The Morgan fingerprint density at radius 1 is 1.33 bits per heavy atom. The van der Waals surface area contributed by atoms with Gasteiger partial charge in [0.25, 0.3) is 0 Å². The molecule has 0 spiro atoms. The molecule has 2 rings (SSSR count). The van der Waals surface area contributed by atoms with E-state index < -0.39 is 0 Å². The van der Waals surface area contributed by atoms with E-state index in [1.54, 1.807) is 30.9 Å². The van der Waals surface area contributed by atoms with Crippen LogP contribution in [0.15, 0.2) is 34.2 Å². The van der Waals surface area contributed by atoms with Crippen molar-refractivity contribution in [3.63, 3.8) is 0 Å². The van der Waals surface area contributed by atoms with Gasteiger partial charge in [-0.2, -0.15) is 0 Å². The van der Waals surface area contributed by atoms with Crippen LogP contribution in [0.25, 0.3) is 0 Å². The molecular formula is C17H26FN3O2S. The Bertz CT molecular complexity index is 493. The summed E-state index contributed by atoms with van der Waals surface area (Å²) < 4.78 is 23.8. The highest BCUT2D eigenvalue weighted by atomic mass is 32.2. The van der Waals surface area contributed by atoms with E-state index >= 15 is 0 Å². The Balaban J connectivity index is 1.49. The standard InChI is InChI=1S/C17H26FN3O2S/c1-19-17(20-8-2-10-23-15-7-11-22-13-15)21-9-12-24-16-5-3-14(18)4-6-16/h3-6,15H,2,7-13H2,1H3,(H2,19,20,21). The molecule has 1 aliphatic heterocycles. The molecular weight excluding hydrogens is 329 g/mol. The Hall–Kier alpha value is -1.31. The molecule has 1 heterocycles. The minimum absolute atomic E-state index is 0.202. The van der Waals surface area contributed by atoms with E-state index in [1.165, 1.54) is 12.1 Å². The van der Waals surface area contributed by atoms with Crippen LogP contribution in [0.4, 0.5) is 4.39 Å². The average molecular weight is 355 g/mol. The second-order valence-electron chi connectivity index (χ2n) is 5.44. The van der Waals surface area contributed by atoms with E-state index in [9.17, 15) is 4.39 Å². The van der Waals surface area contributed by atoms with Crippen molar-refractivity contribution in [1.82, 2.24) is 10.6 Å². The lowest BCUT2D eigenvalue weighted by Crippen LogP contribution is -2.39. The van der Waals surface area contributed by atoms with Gasteiger partial charge in [-0.05, 0) is 37.1 Å². The number of rotatable bonds is 9. The summed E-state index contributed by atoms with van der Waals surface area (Å²) in [6, 6.07) is 6.55. The molecule has 1 saturated heterocycles. The van der Waals surface area contributed by atoms with Gasteiger partial charge in [0.05, 0.1) is 12.7 Å². The maximum atomic E-state index is 12.8. The first-order valence-electron chi connectivity index (χ1n) is 8.30. The summed E-state index contributed by atoms with van der Waals surface area (Å²) in [5.74, 6) is 1.47. The normalized spacial score (nSPS) is 17.9. The Labute approximate surface area is 147 Å². The molecule has 0 aliphatic carbocycles. The number of hydrogen-bond acceptors (Lipinski definition) is 4. The van der Waals surface area contributed by atoms with Gasteiger partial charge in [-0.25, -0.2) is 4.39 Å². The van der Waals surface area contributed by atoms with Crippen molar-refractivity contribution in [3.8, 4) is 0 Å². The van der Waals surface area contributed by atoms with Crippen molar-refractivity contribution < 1.29 is 13.9 Å². The van der Waals surface area contributed by atoms with Crippen LogP contribution >= 0.6 is 11.8 Å². The zero-order valence-electron chi connectivity index (χ0n) is 14.1. The fourth-order valence-electron chi connectivity index (χ4n) is 2.26. The molecule has 1 aromatic carbocycles. The fourth-order valence-corrected chi connectivity index (χ4v) is 3.03. The number of halogens is 1. The monoisotopic (exact) mass is 355 g/mol. The summed E-state index contributed by atoms with van der Waals surface area (Å²) in [4.78, 5) is 5.26. The van der Waals surface area contributed by atoms with Gasteiger partial charge >= 0.3 is 0 Å². The van der Waals surface area contributed by atoms with Crippen LogP contribution in [-0.2, 0) is 9.47 Å². The van der Waals surface area contributed by atoms with Gasteiger partial charge in [0.1, 0.15) is 5.82 Å². The van der Waals surface area contributed by atoms with Crippen LogP contribution in [0.2, 0.25) is 0 Å². The Kier molecular flexibility index (Phi) is 8.94. The number of ether oxygens (including phenoxy) is 2. The Morgan fingerprint density at radius 2 is 2.12 bits per heavy atom. The number of thioether (sulfide) groups is 1. The van der Waals surface area contributed by atoms with Gasteiger partial charge in [0.15, 0.2) is 5.96 Å². The maximum Gasteiger partial charge on any atom is 0.191 e. The molecule has 24 heavy (non-hydrogen) atoms. The fraction of sp³-hybridized carbons (Fsp3) is 0.588. The molecule has 0 bridgehead atoms. The largest absolute Gasteiger partial charge is 0.379 e. The van der Waals surface area contributed by atoms with E-state index in [-0.39, 0.29) is 11.9 Å². The van der Waals surface area contributed by atoms with Gasteiger partial charge in [-0.1, -0.05) is 0 Å². The number of guanidine groups is 1. The molecule has 5 nitrogen and oxygen atoms in total. The highest BCUT2D eigenvalue weighted by Gasteiger charge is 2.15. The lowest BCUT2D eigenvalue weighted by Gasteiger charge is -2.13.